The highest BCUT2D eigenvalue weighted by molar-refractivity contribution is 7.92. The van der Waals surface area contributed by atoms with Crippen molar-refractivity contribution in [3.63, 3.8) is 0 Å². The number of benzene rings is 3. The Kier molecular flexibility index (Phi) is 9.75. The number of nitrogens with one attached hydrogen (secondary N) is 1. The molecule has 3 aromatic rings. The monoisotopic (exact) mass is 551 g/mol. The highest BCUT2D eigenvalue weighted by Gasteiger charge is 2.33. The first-order valence-electron chi connectivity index (χ1n) is 12.8. The molecule has 8 nitrogen and oxygen atoms in total. The molecule has 0 aliphatic heterocycles. The summed E-state index contributed by atoms with van der Waals surface area (Å²) in [6.07, 6.45) is 0. The lowest BCUT2D eigenvalue weighted by Gasteiger charge is -2.32. The molecule has 0 aromatic heterocycles. The average molecular weight is 552 g/mol. The van der Waals surface area contributed by atoms with Crippen LogP contribution in [0.25, 0.3) is 0 Å². The number of methoxy groups -OCH3 is 1. The van der Waals surface area contributed by atoms with Crippen LogP contribution < -0.4 is 14.4 Å². The molecule has 208 valence electrons. The predicted molar refractivity (Wildman–Crippen MR) is 153 cm³/mol. The number of hydrogen-bond donors (Lipinski definition) is 1. The molecule has 0 spiro atoms. The van der Waals surface area contributed by atoms with E-state index >= 15 is 0 Å². The van der Waals surface area contributed by atoms with Gasteiger partial charge in [0.2, 0.25) is 11.8 Å². The van der Waals surface area contributed by atoms with E-state index in [4.69, 9.17) is 4.74 Å². The first-order valence-corrected chi connectivity index (χ1v) is 14.3. The molecular formula is C30H37N3O5S. The van der Waals surface area contributed by atoms with Gasteiger partial charge in [0.15, 0.2) is 0 Å². The molecule has 1 atom stereocenters. The SMILES string of the molecule is CCNC(=O)C(C)N(Cc1ccc(OC)cc1)C(=O)CN(c1cc(C)ccc1C)S(=O)(=O)c1ccc(C)cc1. The number of likely N-dealkylation sites (N-methyl/N-ethyl adjacent to an activating group) is 1. The maximum atomic E-state index is 14.0. The molecule has 3 rings (SSSR count). The molecule has 9 heteroatoms. The van der Waals surface area contributed by atoms with Gasteiger partial charge < -0.3 is 15.0 Å². The van der Waals surface area contributed by atoms with Gasteiger partial charge in [0, 0.05) is 13.1 Å². The van der Waals surface area contributed by atoms with Crippen molar-refractivity contribution in [2.45, 2.75) is 52.1 Å². The summed E-state index contributed by atoms with van der Waals surface area (Å²) < 4.78 is 34.3. The predicted octanol–water partition coefficient (Wildman–Crippen LogP) is 4.37. The summed E-state index contributed by atoms with van der Waals surface area (Å²) in [6.45, 7) is 9.05. The molecule has 3 aromatic carbocycles. The van der Waals surface area contributed by atoms with Crippen molar-refractivity contribution in [1.82, 2.24) is 10.2 Å². The van der Waals surface area contributed by atoms with Crippen LogP contribution in [0, 0.1) is 20.8 Å². The molecule has 0 saturated heterocycles. The highest BCUT2D eigenvalue weighted by atomic mass is 32.2. The fraction of sp³-hybridized carbons (Fsp3) is 0.333. The van der Waals surface area contributed by atoms with Crippen LogP contribution in [0.5, 0.6) is 5.75 Å². The number of rotatable bonds is 11. The number of nitrogens with zero attached hydrogens (tertiary/aromatic N) is 2. The lowest BCUT2D eigenvalue weighted by Crippen LogP contribution is -2.51. The number of carbonyl (C=O) groups excluding carboxylic acids is 2. The van der Waals surface area contributed by atoms with Crippen molar-refractivity contribution in [3.8, 4) is 5.75 Å². The quantitative estimate of drug-likeness (QED) is 0.382. The van der Waals surface area contributed by atoms with Crippen molar-refractivity contribution in [2.75, 3.05) is 24.5 Å². The summed E-state index contributed by atoms with van der Waals surface area (Å²) in [4.78, 5) is 28.3. The molecule has 1 unspecified atom stereocenters. The van der Waals surface area contributed by atoms with E-state index in [0.29, 0.717) is 23.5 Å². The lowest BCUT2D eigenvalue weighted by molar-refractivity contribution is -0.139. The molecule has 39 heavy (non-hydrogen) atoms. The summed E-state index contributed by atoms with van der Waals surface area (Å²) in [7, 11) is -2.54. The molecule has 0 bridgehead atoms. The van der Waals surface area contributed by atoms with Crippen molar-refractivity contribution in [2.24, 2.45) is 0 Å². The largest absolute Gasteiger partial charge is 0.497 e. The number of ether oxygens (including phenoxy) is 1. The van der Waals surface area contributed by atoms with E-state index in [9.17, 15) is 18.0 Å². The fourth-order valence-electron chi connectivity index (χ4n) is 4.17. The van der Waals surface area contributed by atoms with Crippen LogP contribution >= 0.6 is 0 Å². The van der Waals surface area contributed by atoms with Crippen LogP contribution in [-0.2, 0) is 26.2 Å². The smallest absolute Gasteiger partial charge is 0.264 e. The molecule has 0 aliphatic rings. The van der Waals surface area contributed by atoms with Gasteiger partial charge >= 0.3 is 0 Å². The number of hydrogen-bond acceptors (Lipinski definition) is 5. The topological polar surface area (TPSA) is 96.0 Å². The van der Waals surface area contributed by atoms with E-state index in [1.54, 1.807) is 63.4 Å². The van der Waals surface area contributed by atoms with Crippen LogP contribution in [0.3, 0.4) is 0 Å². The van der Waals surface area contributed by atoms with E-state index in [1.165, 1.54) is 4.90 Å². The first-order chi connectivity index (χ1) is 18.5. The van der Waals surface area contributed by atoms with Gasteiger partial charge in [-0.2, -0.15) is 0 Å². The average Bonchev–Trinajstić information content (AvgIpc) is 2.92. The Morgan fingerprint density at radius 3 is 2.13 bits per heavy atom. The second kappa shape index (κ2) is 12.8. The van der Waals surface area contributed by atoms with Gasteiger partial charge in [-0.3, -0.25) is 13.9 Å². The molecular weight excluding hydrogens is 514 g/mol. The summed E-state index contributed by atoms with van der Waals surface area (Å²) in [6, 6.07) is 18.4. The Hall–Kier alpha value is -3.85. The van der Waals surface area contributed by atoms with Crippen LogP contribution in [-0.4, -0.2) is 51.4 Å². The van der Waals surface area contributed by atoms with Crippen LogP contribution in [0.2, 0.25) is 0 Å². The van der Waals surface area contributed by atoms with Gasteiger partial charge in [-0.25, -0.2) is 8.42 Å². The van der Waals surface area contributed by atoms with Crippen molar-refractivity contribution < 1.29 is 22.7 Å². The zero-order valence-electron chi connectivity index (χ0n) is 23.4. The summed E-state index contributed by atoms with van der Waals surface area (Å²) in [5.74, 6) is -0.154. The number of anilines is 1. The van der Waals surface area contributed by atoms with E-state index in [0.717, 1.165) is 21.0 Å². The van der Waals surface area contributed by atoms with Crippen molar-refractivity contribution in [3.05, 3.63) is 89.0 Å². The van der Waals surface area contributed by atoms with Gasteiger partial charge in [-0.05, 0) is 81.6 Å². The van der Waals surface area contributed by atoms with Crippen LogP contribution in [0.1, 0.15) is 36.1 Å². The Morgan fingerprint density at radius 2 is 1.54 bits per heavy atom. The second-order valence-corrected chi connectivity index (χ2v) is 11.4. The maximum absolute atomic E-state index is 14.0. The summed E-state index contributed by atoms with van der Waals surface area (Å²) >= 11 is 0. The fourth-order valence-corrected chi connectivity index (χ4v) is 5.64. The van der Waals surface area contributed by atoms with Gasteiger partial charge in [0.1, 0.15) is 18.3 Å². The zero-order chi connectivity index (χ0) is 28.7. The van der Waals surface area contributed by atoms with Gasteiger partial charge in [-0.1, -0.05) is 42.0 Å². The number of aryl methyl sites for hydroxylation is 3. The van der Waals surface area contributed by atoms with Gasteiger partial charge in [0.05, 0.1) is 17.7 Å². The molecule has 0 aliphatic carbocycles. The molecule has 1 N–H and O–H groups in total. The van der Waals surface area contributed by atoms with E-state index in [2.05, 4.69) is 5.32 Å². The molecule has 0 fully saturated rings. The second-order valence-electron chi connectivity index (χ2n) is 9.55. The minimum Gasteiger partial charge on any atom is -0.497 e. The Bertz CT molecular complexity index is 1400. The molecule has 2 amide bonds. The third-order valence-corrected chi connectivity index (χ3v) is 8.33. The Labute approximate surface area is 231 Å². The highest BCUT2D eigenvalue weighted by Crippen LogP contribution is 2.29. The Balaban J connectivity index is 2.06. The molecule has 0 radical (unpaired) electrons. The van der Waals surface area contributed by atoms with E-state index in [1.807, 2.05) is 45.0 Å². The summed E-state index contributed by atoms with van der Waals surface area (Å²) in [5.41, 5.74) is 3.68. The van der Waals surface area contributed by atoms with Gasteiger partial charge in [-0.15, -0.1) is 0 Å². The number of sulfonamides is 1. The third-order valence-electron chi connectivity index (χ3n) is 6.55. The Morgan fingerprint density at radius 1 is 0.923 bits per heavy atom. The molecule has 0 saturated carbocycles. The zero-order valence-corrected chi connectivity index (χ0v) is 24.2. The van der Waals surface area contributed by atoms with Crippen LogP contribution in [0.4, 0.5) is 5.69 Å². The third kappa shape index (κ3) is 7.17. The maximum Gasteiger partial charge on any atom is 0.264 e. The van der Waals surface area contributed by atoms with E-state index < -0.39 is 28.5 Å². The minimum atomic E-state index is -4.11. The first kappa shape index (κ1) is 29.7. The van der Waals surface area contributed by atoms with Crippen molar-refractivity contribution >= 4 is 27.5 Å². The minimum absolute atomic E-state index is 0.0836. The summed E-state index contributed by atoms with van der Waals surface area (Å²) in [5, 5.41) is 2.76. The van der Waals surface area contributed by atoms with Crippen LogP contribution in [0.15, 0.2) is 71.6 Å². The lowest BCUT2D eigenvalue weighted by atomic mass is 10.1. The standard InChI is InChI=1S/C30H37N3O5S/c1-7-31-30(35)24(5)32(19-25-12-14-26(38-6)15-13-25)29(34)20-33(28-18-22(3)8-11-23(28)4)39(36,37)27-16-9-21(2)10-17-27/h8-18,24H,7,19-20H2,1-6H3,(H,31,35). The van der Waals surface area contributed by atoms with E-state index in [-0.39, 0.29) is 17.3 Å². The normalized spacial score (nSPS) is 11.9. The molecule has 0 heterocycles. The van der Waals surface area contributed by atoms with Gasteiger partial charge in [0.25, 0.3) is 10.0 Å². The number of carbonyl (C=O) groups is 2. The number of amides is 2. The van der Waals surface area contributed by atoms with Crippen molar-refractivity contribution in [1.29, 1.82) is 0 Å².